The van der Waals surface area contributed by atoms with Crippen LogP contribution in [0, 0.1) is 0 Å². The van der Waals surface area contributed by atoms with Crippen molar-refractivity contribution in [2.75, 3.05) is 32.3 Å². The number of nitrogens with zero attached hydrogens (tertiary/aromatic N) is 1. The van der Waals surface area contributed by atoms with E-state index in [4.69, 9.17) is 18.9 Å². The van der Waals surface area contributed by atoms with Crippen molar-refractivity contribution in [2.45, 2.75) is 45.9 Å². The van der Waals surface area contributed by atoms with Gasteiger partial charge >= 0.3 is 5.97 Å². The van der Waals surface area contributed by atoms with Crippen molar-refractivity contribution in [3.05, 3.63) is 83.4 Å². The lowest BCUT2D eigenvalue weighted by Gasteiger charge is -2.26. The molecule has 1 unspecified atom stereocenters. The zero-order chi connectivity index (χ0) is 26.9. The van der Waals surface area contributed by atoms with E-state index in [1.165, 1.54) is 7.11 Å². The number of hydrogen-bond acceptors (Lipinski definition) is 6. The van der Waals surface area contributed by atoms with Crippen LogP contribution in [0.2, 0.25) is 0 Å². The van der Waals surface area contributed by atoms with E-state index in [2.05, 4.69) is 36.1 Å². The van der Waals surface area contributed by atoms with Crippen LogP contribution in [0.1, 0.15) is 44.2 Å². The highest BCUT2D eigenvalue weighted by Crippen LogP contribution is 2.35. The number of para-hydroxylation sites is 1. The molecule has 3 aromatic rings. The smallest absolute Gasteiger partial charge is 0.333 e. The van der Waals surface area contributed by atoms with Gasteiger partial charge in [0.2, 0.25) is 0 Å². The topological polar surface area (TPSA) is 57.2 Å². The van der Waals surface area contributed by atoms with Crippen molar-refractivity contribution >= 4 is 17.7 Å². The third-order valence-corrected chi connectivity index (χ3v) is 6.69. The molecule has 1 heterocycles. The summed E-state index contributed by atoms with van der Waals surface area (Å²) in [7, 11) is 3.12. The molecule has 0 N–H and O–H groups in total. The minimum atomic E-state index is -0.295. The number of unbranched alkanes of at least 4 members (excludes halogenated alkanes) is 1. The van der Waals surface area contributed by atoms with Crippen LogP contribution in [0.5, 0.6) is 11.5 Å². The van der Waals surface area contributed by atoms with Crippen molar-refractivity contribution in [1.82, 2.24) is 0 Å². The van der Waals surface area contributed by atoms with E-state index in [1.807, 2.05) is 55.5 Å². The molecule has 6 heteroatoms. The zero-order valence-electron chi connectivity index (χ0n) is 22.7. The maximum Gasteiger partial charge on any atom is 0.333 e. The molecular weight excluding hydrogens is 478 g/mol. The monoisotopic (exact) mass is 515 g/mol. The highest BCUT2D eigenvalue weighted by molar-refractivity contribution is 5.96. The fraction of sp³-hybridized carbons (Fsp3) is 0.344. The number of rotatable bonds is 11. The first-order valence-electron chi connectivity index (χ1n) is 13.2. The number of hydrogen-bond donors (Lipinski definition) is 0. The lowest BCUT2D eigenvalue weighted by molar-refractivity contribution is -0.136. The van der Waals surface area contributed by atoms with Gasteiger partial charge in [-0.1, -0.05) is 49.7 Å². The number of benzene rings is 3. The molecule has 3 aromatic carbocycles. The molecule has 0 saturated carbocycles. The zero-order valence-corrected chi connectivity index (χ0v) is 22.7. The van der Waals surface area contributed by atoms with E-state index < -0.39 is 0 Å². The summed E-state index contributed by atoms with van der Waals surface area (Å²) < 4.78 is 22.3. The molecule has 0 aliphatic carbocycles. The van der Waals surface area contributed by atoms with Gasteiger partial charge in [0.25, 0.3) is 0 Å². The second-order valence-corrected chi connectivity index (χ2v) is 9.35. The summed E-state index contributed by atoms with van der Waals surface area (Å²) >= 11 is 0. The Bertz CT molecular complexity index is 1250. The molecule has 38 heavy (non-hydrogen) atoms. The Morgan fingerprint density at radius 1 is 1.00 bits per heavy atom. The molecule has 6 nitrogen and oxygen atoms in total. The number of methoxy groups -OCH3 is 2. The lowest BCUT2D eigenvalue weighted by Crippen LogP contribution is -2.24. The van der Waals surface area contributed by atoms with Crippen LogP contribution < -0.4 is 14.4 Å². The summed E-state index contributed by atoms with van der Waals surface area (Å²) in [4.78, 5) is 14.8. The molecular formula is C32H37NO5. The minimum absolute atomic E-state index is 0.294. The first-order valence-corrected chi connectivity index (χ1v) is 13.2. The summed E-state index contributed by atoms with van der Waals surface area (Å²) in [5, 5.41) is 0. The van der Waals surface area contributed by atoms with Crippen molar-refractivity contribution in [3.8, 4) is 22.6 Å². The third-order valence-electron chi connectivity index (χ3n) is 6.69. The van der Waals surface area contributed by atoms with Crippen molar-refractivity contribution < 1.29 is 23.7 Å². The van der Waals surface area contributed by atoms with Crippen LogP contribution in [-0.2, 0) is 20.8 Å². The van der Waals surface area contributed by atoms with Gasteiger partial charge in [0, 0.05) is 29.9 Å². The number of fused-ring (bicyclic) bond motifs is 1. The normalized spacial score (nSPS) is 13.7. The quantitative estimate of drug-likeness (QED) is 0.158. The molecule has 0 spiro atoms. The molecule has 4 rings (SSSR count). The molecule has 0 fully saturated rings. The van der Waals surface area contributed by atoms with Crippen LogP contribution in [0.15, 0.2) is 72.3 Å². The Morgan fingerprint density at radius 3 is 2.50 bits per heavy atom. The number of carbonyl (C=O) groups excluding carboxylic acids is 1. The molecule has 1 aliphatic rings. The predicted molar refractivity (Wildman–Crippen MR) is 151 cm³/mol. The SMILES string of the molecule is CCCCOC(C)Oc1ccc(-c2ccc3c(c2)C=C(C(=O)OC)CCN3Cc2ccccc2OC)cc1. The third kappa shape index (κ3) is 6.75. The van der Waals surface area contributed by atoms with Crippen LogP contribution in [0.25, 0.3) is 17.2 Å². The highest BCUT2D eigenvalue weighted by Gasteiger charge is 2.21. The van der Waals surface area contributed by atoms with Gasteiger partial charge in [-0.05, 0) is 72.9 Å². The average Bonchev–Trinajstić information content (AvgIpc) is 3.12. The van der Waals surface area contributed by atoms with Gasteiger partial charge in [0.15, 0.2) is 6.29 Å². The maximum atomic E-state index is 12.5. The van der Waals surface area contributed by atoms with Crippen LogP contribution >= 0.6 is 0 Å². The van der Waals surface area contributed by atoms with Gasteiger partial charge in [-0.3, -0.25) is 0 Å². The number of ether oxygens (including phenoxy) is 4. The summed E-state index contributed by atoms with van der Waals surface area (Å²) in [6, 6.07) is 22.4. The van der Waals surface area contributed by atoms with E-state index >= 15 is 0 Å². The lowest BCUT2D eigenvalue weighted by atomic mass is 10.00. The molecule has 1 aliphatic heterocycles. The first kappa shape index (κ1) is 27.3. The largest absolute Gasteiger partial charge is 0.496 e. The van der Waals surface area contributed by atoms with E-state index in [1.54, 1.807) is 7.11 Å². The Balaban J connectivity index is 1.60. The molecule has 0 saturated heterocycles. The highest BCUT2D eigenvalue weighted by atomic mass is 16.7. The Kier molecular flexibility index (Phi) is 9.44. The summed E-state index contributed by atoms with van der Waals surface area (Å²) in [6.45, 7) is 6.11. The van der Waals surface area contributed by atoms with E-state index in [0.717, 1.165) is 52.3 Å². The molecule has 0 radical (unpaired) electrons. The van der Waals surface area contributed by atoms with E-state index in [0.29, 0.717) is 31.7 Å². The predicted octanol–water partition coefficient (Wildman–Crippen LogP) is 6.87. The average molecular weight is 516 g/mol. The summed E-state index contributed by atoms with van der Waals surface area (Å²) in [6.07, 6.45) is 4.37. The first-order chi connectivity index (χ1) is 18.5. The minimum Gasteiger partial charge on any atom is -0.496 e. The van der Waals surface area contributed by atoms with Crippen LogP contribution in [0.3, 0.4) is 0 Å². The van der Waals surface area contributed by atoms with Gasteiger partial charge in [-0.2, -0.15) is 0 Å². The van der Waals surface area contributed by atoms with Crippen molar-refractivity contribution in [2.24, 2.45) is 0 Å². The van der Waals surface area contributed by atoms with E-state index in [9.17, 15) is 4.79 Å². The Hall–Kier alpha value is -3.77. The summed E-state index contributed by atoms with van der Waals surface area (Å²) in [5.74, 6) is 1.32. The number of anilines is 1. The Morgan fingerprint density at radius 2 is 1.76 bits per heavy atom. The van der Waals surface area contributed by atoms with Gasteiger partial charge in [0.05, 0.1) is 20.8 Å². The van der Waals surface area contributed by atoms with Gasteiger partial charge < -0.3 is 23.8 Å². The number of esters is 1. The van der Waals surface area contributed by atoms with Crippen molar-refractivity contribution in [1.29, 1.82) is 0 Å². The standard InChI is InChI=1S/C32H37NO5/c1-5-6-19-37-23(2)38-29-14-11-24(12-15-29)25-13-16-30-28(20-25)21-26(32(34)36-4)17-18-33(30)22-27-9-7-8-10-31(27)35-3/h7-16,20-21,23H,5-6,17-19,22H2,1-4H3. The molecule has 0 bridgehead atoms. The summed E-state index contributed by atoms with van der Waals surface area (Å²) in [5.41, 5.74) is 5.92. The van der Waals surface area contributed by atoms with Crippen molar-refractivity contribution in [3.63, 3.8) is 0 Å². The maximum absolute atomic E-state index is 12.5. The van der Waals surface area contributed by atoms with Crippen LogP contribution in [-0.4, -0.2) is 39.6 Å². The second kappa shape index (κ2) is 13.2. The fourth-order valence-electron chi connectivity index (χ4n) is 4.61. The van der Waals surface area contributed by atoms with Gasteiger partial charge in [-0.25, -0.2) is 4.79 Å². The number of carbonyl (C=O) groups is 1. The molecule has 0 amide bonds. The van der Waals surface area contributed by atoms with E-state index in [-0.39, 0.29) is 12.3 Å². The van der Waals surface area contributed by atoms with Crippen LogP contribution in [0.4, 0.5) is 5.69 Å². The molecule has 1 atom stereocenters. The molecule has 200 valence electrons. The Labute approximate surface area is 225 Å². The fourth-order valence-corrected chi connectivity index (χ4v) is 4.61. The molecule has 0 aromatic heterocycles. The second-order valence-electron chi connectivity index (χ2n) is 9.35. The van der Waals surface area contributed by atoms with Gasteiger partial charge in [0.1, 0.15) is 11.5 Å². The van der Waals surface area contributed by atoms with Gasteiger partial charge in [-0.15, -0.1) is 0 Å².